The molecule has 0 saturated carbocycles. The van der Waals surface area contributed by atoms with E-state index in [2.05, 4.69) is 6.58 Å². The molecule has 0 spiro atoms. The summed E-state index contributed by atoms with van der Waals surface area (Å²) >= 11 is 0. The van der Waals surface area contributed by atoms with Gasteiger partial charge in [0.25, 0.3) is 0 Å². The molecule has 1 aromatic carbocycles. The first-order valence-corrected chi connectivity index (χ1v) is 4.88. The third kappa shape index (κ3) is 2.46. The molecule has 0 aromatic heterocycles. The van der Waals surface area contributed by atoms with Gasteiger partial charge in [-0.05, 0) is 17.7 Å². The molecule has 0 N–H and O–H groups in total. The van der Waals surface area contributed by atoms with Gasteiger partial charge in [-0.15, -0.1) is 6.58 Å². The second kappa shape index (κ2) is 4.78. The van der Waals surface area contributed by atoms with Gasteiger partial charge in [-0.2, -0.15) is 0 Å². The summed E-state index contributed by atoms with van der Waals surface area (Å²) in [4.78, 5) is 10.6. The summed E-state index contributed by atoms with van der Waals surface area (Å²) in [6, 6.07) is 7.71. The Hall–Kier alpha value is -1.57. The van der Waals surface area contributed by atoms with E-state index in [0.29, 0.717) is 6.42 Å². The number of carbonyl (C=O) groups excluding carboxylic acids is 1. The van der Waals surface area contributed by atoms with Crippen LogP contribution in [0.1, 0.15) is 18.9 Å². The highest BCUT2D eigenvalue weighted by atomic mass is 16.5. The molecule has 0 aliphatic heterocycles. The minimum atomic E-state index is -0.284. The Morgan fingerprint density at radius 2 is 2.00 bits per heavy atom. The highest BCUT2D eigenvalue weighted by molar-refractivity contribution is 5.55. The molecule has 0 aliphatic rings. The van der Waals surface area contributed by atoms with Crippen molar-refractivity contribution in [3.8, 4) is 5.75 Å². The van der Waals surface area contributed by atoms with E-state index in [1.165, 1.54) is 0 Å². The van der Waals surface area contributed by atoms with Gasteiger partial charge in [0.1, 0.15) is 12.0 Å². The SMILES string of the molecule is C=CC(C)(CC=O)c1ccc(OC)cc1. The van der Waals surface area contributed by atoms with Crippen LogP contribution in [0.4, 0.5) is 0 Å². The summed E-state index contributed by atoms with van der Waals surface area (Å²) in [6.45, 7) is 5.78. The maximum Gasteiger partial charge on any atom is 0.121 e. The Kier molecular flexibility index (Phi) is 3.67. The van der Waals surface area contributed by atoms with Crippen LogP contribution in [0, 0.1) is 0 Å². The molecule has 0 heterocycles. The zero-order valence-corrected chi connectivity index (χ0v) is 9.19. The molecule has 0 bridgehead atoms. The normalized spacial score (nSPS) is 14.0. The van der Waals surface area contributed by atoms with E-state index >= 15 is 0 Å². The van der Waals surface area contributed by atoms with Crippen LogP contribution < -0.4 is 4.74 Å². The number of carbonyl (C=O) groups is 1. The summed E-state index contributed by atoms with van der Waals surface area (Å²) in [7, 11) is 1.63. The van der Waals surface area contributed by atoms with Crippen molar-refractivity contribution in [2.75, 3.05) is 7.11 Å². The molecule has 15 heavy (non-hydrogen) atoms. The van der Waals surface area contributed by atoms with Crippen molar-refractivity contribution < 1.29 is 9.53 Å². The van der Waals surface area contributed by atoms with E-state index in [-0.39, 0.29) is 5.41 Å². The highest BCUT2D eigenvalue weighted by Gasteiger charge is 2.21. The van der Waals surface area contributed by atoms with Gasteiger partial charge in [0.05, 0.1) is 7.11 Å². The Bertz CT molecular complexity index is 340. The van der Waals surface area contributed by atoms with E-state index in [1.807, 2.05) is 37.3 Å². The van der Waals surface area contributed by atoms with Crippen molar-refractivity contribution in [1.29, 1.82) is 0 Å². The lowest BCUT2D eigenvalue weighted by Gasteiger charge is -2.23. The fourth-order valence-corrected chi connectivity index (χ4v) is 1.46. The molecule has 2 heteroatoms. The molecule has 1 atom stereocenters. The molecule has 0 radical (unpaired) electrons. The van der Waals surface area contributed by atoms with Gasteiger partial charge in [-0.25, -0.2) is 0 Å². The first kappa shape index (κ1) is 11.5. The molecule has 0 saturated heterocycles. The number of hydrogen-bond donors (Lipinski definition) is 0. The number of aldehydes is 1. The standard InChI is InChI=1S/C13H16O2/c1-4-13(2,9-10-14)11-5-7-12(15-3)8-6-11/h4-8,10H,1,9H2,2-3H3. The van der Waals surface area contributed by atoms with Gasteiger partial charge < -0.3 is 9.53 Å². The first-order chi connectivity index (χ1) is 7.16. The molecule has 0 fully saturated rings. The Balaban J connectivity index is 3.01. The molecule has 80 valence electrons. The molecule has 1 aromatic rings. The number of benzene rings is 1. The molecule has 2 nitrogen and oxygen atoms in total. The van der Waals surface area contributed by atoms with E-state index in [4.69, 9.17) is 4.74 Å². The summed E-state index contributed by atoms with van der Waals surface area (Å²) in [5.74, 6) is 0.816. The van der Waals surface area contributed by atoms with E-state index in [1.54, 1.807) is 7.11 Å². The van der Waals surface area contributed by atoms with Gasteiger partial charge in [0.15, 0.2) is 0 Å². The molecule has 1 unspecified atom stereocenters. The number of rotatable bonds is 5. The number of allylic oxidation sites excluding steroid dienone is 1. The quantitative estimate of drug-likeness (QED) is 0.544. The van der Waals surface area contributed by atoms with Crippen LogP contribution in [-0.4, -0.2) is 13.4 Å². The van der Waals surface area contributed by atoms with Crippen molar-refractivity contribution in [2.45, 2.75) is 18.8 Å². The van der Waals surface area contributed by atoms with Gasteiger partial charge in [-0.3, -0.25) is 0 Å². The summed E-state index contributed by atoms with van der Waals surface area (Å²) in [5.41, 5.74) is 0.791. The number of hydrogen-bond acceptors (Lipinski definition) is 2. The fourth-order valence-electron chi connectivity index (χ4n) is 1.46. The van der Waals surface area contributed by atoms with Crippen LogP contribution in [-0.2, 0) is 10.2 Å². The first-order valence-electron chi connectivity index (χ1n) is 4.88. The average Bonchev–Trinajstić information content (AvgIpc) is 2.29. The zero-order valence-electron chi connectivity index (χ0n) is 9.19. The monoisotopic (exact) mass is 204 g/mol. The highest BCUT2D eigenvalue weighted by Crippen LogP contribution is 2.29. The number of ether oxygens (including phenoxy) is 1. The van der Waals surface area contributed by atoms with Crippen molar-refractivity contribution >= 4 is 6.29 Å². The predicted octanol–water partition coefficient (Wildman–Crippen LogP) is 2.73. The fraction of sp³-hybridized carbons (Fsp3) is 0.308. The number of methoxy groups -OCH3 is 1. The second-order valence-corrected chi connectivity index (χ2v) is 3.72. The van der Waals surface area contributed by atoms with E-state index in [0.717, 1.165) is 17.6 Å². The van der Waals surface area contributed by atoms with Gasteiger partial charge in [0.2, 0.25) is 0 Å². The van der Waals surface area contributed by atoms with Crippen molar-refractivity contribution in [1.82, 2.24) is 0 Å². The molecular formula is C13H16O2. The van der Waals surface area contributed by atoms with E-state index in [9.17, 15) is 4.79 Å². The lowest BCUT2D eigenvalue weighted by Crippen LogP contribution is -2.18. The summed E-state index contributed by atoms with van der Waals surface area (Å²) in [5, 5.41) is 0. The second-order valence-electron chi connectivity index (χ2n) is 3.72. The lowest BCUT2D eigenvalue weighted by molar-refractivity contribution is -0.108. The minimum Gasteiger partial charge on any atom is -0.497 e. The molecule has 0 amide bonds. The van der Waals surface area contributed by atoms with Gasteiger partial charge >= 0.3 is 0 Å². The Labute approximate surface area is 90.6 Å². The zero-order chi connectivity index (χ0) is 11.3. The van der Waals surface area contributed by atoms with E-state index < -0.39 is 0 Å². The smallest absolute Gasteiger partial charge is 0.121 e. The van der Waals surface area contributed by atoms with Gasteiger partial charge in [0, 0.05) is 11.8 Å². The third-order valence-electron chi connectivity index (χ3n) is 2.71. The predicted molar refractivity (Wildman–Crippen MR) is 61.2 cm³/mol. The lowest BCUT2D eigenvalue weighted by atomic mass is 9.80. The molecule has 1 rings (SSSR count). The van der Waals surface area contributed by atoms with Crippen LogP contribution in [0.15, 0.2) is 36.9 Å². The maximum atomic E-state index is 10.6. The Morgan fingerprint density at radius 1 is 1.40 bits per heavy atom. The van der Waals surface area contributed by atoms with Crippen molar-refractivity contribution in [2.24, 2.45) is 0 Å². The largest absolute Gasteiger partial charge is 0.497 e. The third-order valence-corrected chi connectivity index (χ3v) is 2.71. The molecular weight excluding hydrogens is 188 g/mol. The average molecular weight is 204 g/mol. The Morgan fingerprint density at radius 3 is 2.40 bits per heavy atom. The van der Waals surface area contributed by atoms with Gasteiger partial charge in [-0.1, -0.05) is 25.1 Å². The topological polar surface area (TPSA) is 26.3 Å². The van der Waals surface area contributed by atoms with Crippen LogP contribution >= 0.6 is 0 Å². The minimum absolute atomic E-state index is 0.284. The van der Waals surface area contributed by atoms with Crippen molar-refractivity contribution in [3.63, 3.8) is 0 Å². The molecule has 0 aliphatic carbocycles. The van der Waals surface area contributed by atoms with Crippen molar-refractivity contribution in [3.05, 3.63) is 42.5 Å². The maximum absolute atomic E-state index is 10.6. The van der Waals surface area contributed by atoms with Crippen LogP contribution in [0.25, 0.3) is 0 Å². The van der Waals surface area contributed by atoms with Crippen LogP contribution in [0.3, 0.4) is 0 Å². The summed E-state index contributed by atoms with van der Waals surface area (Å²) < 4.78 is 5.08. The van der Waals surface area contributed by atoms with Crippen LogP contribution in [0.5, 0.6) is 5.75 Å². The summed E-state index contributed by atoms with van der Waals surface area (Å²) in [6.07, 6.45) is 3.18. The van der Waals surface area contributed by atoms with Crippen LogP contribution in [0.2, 0.25) is 0 Å².